The molecule has 1 atom stereocenters. The lowest BCUT2D eigenvalue weighted by Crippen LogP contribution is -2.39. The van der Waals surface area contributed by atoms with E-state index < -0.39 is 0 Å². The second kappa shape index (κ2) is 4.58. The molecular formula is C13H19NOS. The number of thiophene rings is 1. The van der Waals surface area contributed by atoms with Crippen LogP contribution in [-0.2, 0) is 0 Å². The molecular weight excluding hydrogens is 218 g/mol. The van der Waals surface area contributed by atoms with Gasteiger partial charge in [-0.05, 0) is 38.2 Å². The first kappa shape index (κ1) is 11.6. The maximum atomic E-state index is 12.3. The Labute approximate surface area is 101 Å². The maximum Gasteiger partial charge on any atom is 0.254 e. The summed E-state index contributed by atoms with van der Waals surface area (Å²) < 4.78 is 0. The summed E-state index contributed by atoms with van der Waals surface area (Å²) in [5.41, 5.74) is 2.07. The molecule has 1 aliphatic rings. The zero-order chi connectivity index (χ0) is 11.7. The molecule has 2 heterocycles. The van der Waals surface area contributed by atoms with E-state index in [2.05, 4.69) is 13.8 Å². The van der Waals surface area contributed by atoms with Gasteiger partial charge in [-0.2, -0.15) is 0 Å². The summed E-state index contributed by atoms with van der Waals surface area (Å²) >= 11 is 1.68. The second-order valence-electron chi connectivity index (χ2n) is 4.83. The summed E-state index contributed by atoms with van der Waals surface area (Å²) in [6, 6.07) is 0. The number of aryl methyl sites for hydroxylation is 1. The van der Waals surface area contributed by atoms with Crippen LogP contribution in [0.5, 0.6) is 0 Å². The number of piperidine rings is 1. The molecule has 1 fully saturated rings. The van der Waals surface area contributed by atoms with Gasteiger partial charge in [-0.1, -0.05) is 6.92 Å². The predicted octanol–water partition coefficient (Wildman–Crippen LogP) is 3.24. The van der Waals surface area contributed by atoms with Crippen LogP contribution in [0.2, 0.25) is 0 Å². The molecule has 1 saturated heterocycles. The molecule has 1 aromatic heterocycles. The predicted molar refractivity (Wildman–Crippen MR) is 68.1 cm³/mol. The summed E-state index contributed by atoms with van der Waals surface area (Å²) in [5, 5.41) is 2.01. The number of likely N-dealkylation sites (tertiary alicyclic amines) is 1. The topological polar surface area (TPSA) is 20.3 Å². The van der Waals surface area contributed by atoms with Crippen LogP contribution in [-0.4, -0.2) is 23.9 Å². The zero-order valence-corrected chi connectivity index (χ0v) is 11.1. The van der Waals surface area contributed by atoms with Gasteiger partial charge in [0.2, 0.25) is 0 Å². The lowest BCUT2D eigenvalue weighted by molar-refractivity contribution is 0.0683. The van der Waals surface area contributed by atoms with Gasteiger partial charge in [0.25, 0.3) is 5.91 Å². The van der Waals surface area contributed by atoms with Crippen molar-refractivity contribution in [2.75, 3.05) is 13.1 Å². The normalized spacial score (nSPS) is 21.2. The molecule has 2 rings (SSSR count). The molecule has 1 amide bonds. The van der Waals surface area contributed by atoms with E-state index in [0.29, 0.717) is 5.92 Å². The van der Waals surface area contributed by atoms with Crippen molar-refractivity contribution < 1.29 is 4.79 Å². The first-order valence-corrected chi connectivity index (χ1v) is 6.81. The van der Waals surface area contributed by atoms with E-state index in [1.165, 1.54) is 11.3 Å². The SMILES string of the molecule is Cc1scc(C(=O)N2CCCC(C)C2)c1C. The van der Waals surface area contributed by atoms with Crippen molar-refractivity contribution >= 4 is 17.2 Å². The van der Waals surface area contributed by atoms with Crippen molar-refractivity contribution in [2.45, 2.75) is 33.6 Å². The van der Waals surface area contributed by atoms with Gasteiger partial charge in [-0.3, -0.25) is 4.79 Å². The highest BCUT2D eigenvalue weighted by atomic mass is 32.1. The Morgan fingerprint density at radius 1 is 1.50 bits per heavy atom. The molecule has 0 N–H and O–H groups in total. The maximum absolute atomic E-state index is 12.3. The number of carbonyl (C=O) groups is 1. The van der Waals surface area contributed by atoms with Crippen LogP contribution in [0.3, 0.4) is 0 Å². The van der Waals surface area contributed by atoms with Crippen molar-refractivity contribution in [1.29, 1.82) is 0 Å². The molecule has 0 radical (unpaired) electrons. The third kappa shape index (κ3) is 2.14. The van der Waals surface area contributed by atoms with Crippen LogP contribution in [0.4, 0.5) is 0 Å². The molecule has 0 bridgehead atoms. The fraction of sp³-hybridized carbons (Fsp3) is 0.615. The zero-order valence-electron chi connectivity index (χ0n) is 10.2. The van der Waals surface area contributed by atoms with Crippen LogP contribution in [0.15, 0.2) is 5.38 Å². The van der Waals surface area contributed by atoms with Gasteiger partial charge in [0.05, 0.1) is 5.56 Å². The van der Waals surface area contributed by atoms with E-state index >= 15 is 0 Å². The molecule has 1 unspecified atom stereocenters. The molecule has 0 saturated carbocycles. The minimum atomic E-state index is 0.230. The van der Waals surface area contributed by atoms with Gasteiger partial charge in [0.15, 0.2) is 0 Å². The van der Waals surface area contributed by atoms with Crippen molar-refractivity contribution in [3.8, 4) is 0 Å². The minimum Gasteiger partial charge on any atom is -0.338 e. The molecule has 0 aliphatic carbocycles. The average Bonchev–Trinajstić information content (AvgIpc) is 2.59. The Balaban J connectivity index is 2.15. The van der Waals surface area contributed by atoms with Gasteiger partial charge < -0.3 is 4.90 Å². The molecule has 0 spiro atoms. The van der Waals surface area contributed by atoms with Crippen molar-refractivity contribution in [3.05, 3.63) is 21.4 Å². The number of hydrogen-bond acceptors (Lipinski definition) is 2. The van der Waals surface area contributed by atoms with Crippen LogP contribution in [0.25, 0.3) is 0 Å². The fourth-order valence-electron chi connectivity index (χ4n) is 2.27. The first-order valence-electron chi connectivity index (χ1n) is 5.93. The van der Waals surface area contributed by atoms with Gasteiger partial charge in [-0.15, -0.1) is 11.3 Å². The van der Waals surface area contributed by atoms with E-state index in [4.69, 9.17) is 0 Å². The highest BCUT2D eigenvalue weighted by molar-refractivity contribution is 7.10. The summed E-state index contributed by atoms with van der Waals surface area (Å²) in [5.74, 6) is 0.881. The van der Waals surface area contributed by atoms with Crippen molar-refractivity contribution in [3.63, 3.8) is 0 Å². The largest absolute Gasteiger partial charge is 0.338 e. The molecule has 1 aliphatic heterocycles. The van der Waals surface area contributed by atoms with Crippen LogP contribution >= 0.6 is 11.3 Å². The standard InChI is InChI=1S/C13H19NOS/c1-9-5-4-6-14(7-9)13(15)12-8-16-11(3)10(12)2/h8-9H,4-7H2,1-3H3. The smallest absolute Gasteiger partial charge is 0.254 e. The second-order valence-corrected chi connectivity index (χ2v) is 5.91. The van der Waals surface area contributed by atoms with Gasteiger partial charge in [0.1, 0.15) is 0 Å². The monoisotopic (exact) mass is 237 g/mol. The molecule has 1 aromatic rings. The quantitative estimate of drug-likeness (QED) is 0.734. The summed E-state index contributed by atoms with van der Waals surface area (Å²) in [6.07, 6.45) is 2.40. The van der Waals surface area contributed by atoms with Gasteiger partial charge in [0, 0.05) is 23.3 Å². The molecule has 16 heavy (non-hydrogen) atoms. The number of rotatable bonds is 1. The van der Waals surface area contributed by atoms with E-state index in [1.54, 1.807) is 11.3 Å². The van der Waals surface area contributed by atoms with Gasteiger partial charge in [-0.25, -0.2) is 0 Å². The van der Waals surface area contributed by atoms with Crippen molar-refractivity contribution in [2.24, 2.45) is 5.92 Å². The number of hydrogen-bond donors (Lipinski definition) is 0. The van der Waals surface area contributed by atoms with Crippen molar-refractivity contribution in [1.82, 2.24) is 4.90 Å². The lowest BCUT2D eigenvalue weighted by Gasteiger charge is -2.31. The van der Waals surface area contributed by atoms with Gasteiger partial charge >= 0.3 is 0 Å². The highest BCUT2D eigenvalue weighted by Crippen LogP contribution is 2.24. The molecule has 88 valence electrons. The third-order valence-electron chi connectivity index (χ3n) is 3.46. The number of carbonyl (C=O) groups excluding carboxylic acids is 1. The Morgan fingerprint density at radius 3 is 2.81 bits per heavy atom. The van der Waals surface area contributed by atoms with E-state index in [0.717, 1.165) is 30.6 Å². The summed E-state index contributed by atoms with van der Waals surface area (Å²) in [4.78, 5) is 15.6. The van der Waals surface area contributed by atoms with Crippen LogP contribution < -0.4 is 0 Å². The number of amides is 1. The highest BCUT2D eigenvalue weighted by Gasteiger charge is 2.23. The molecule has 0 aromatic carbocycles. The lowest BCUT2D eigenvalue weighted by atomic mass is 9.99. The Bertz CT molecular complexity index is 397. The average molecular weight is 237 g/mol. The van der Waals surface area contributed by atoms with E-state index in [1.807, 2.05) is 17.2 Å². The molecule has 2 nitrogen and oxygen atoms in total. The Morgan fingerprint density at radius 2 is 2.25 bits per heavy atom. The summed E-state index contributed by atoms with van der Waals surface area (Å²) in [6.45, 7) is 8.21. The summed E-state index contributed by atoms with van der Waals surface area (Å²) in [7, 11) is 0. The van der Waals surface area contributed by atoms with E-state index in [-0.39, 0.29) is 5.91 Å². The minimum absolute atomic E-state index is 0.230. The Hall–Kier alpha value is -0.830. The van der Waals surface area contributed by atoms with E-state index in [9.17, 15) is 4.79 Å². The first-order chi connectivity index (χ1) is 7.59. The van der Waals surface area contributed by atoms with Crippen LogP contribution in [0.1, 0.15) is 40.6 Å². The third-order valence-corrected chi connectivity index (χ3v) is 4.47. The number of nitrogens with zero attached hydrogens (tertiary/aromatic N) is 1. The Kier molecular flexibility index (Phi) is 3.33. The molecule has 3 heteroatoms. The van der Waals surface area contributed by atoms with Crippen LogP contribution in [0, 0.1) is 19.8 Å². The fourth-order valence-corrected chi connectivity index (χ4v) is 3.13.